The van der Waals surface area contributed by atoms with E-state index in [4.69, 9.17) is 0 Å². The van der Waals surface area contributed by atoms with Gasteiger partial charge in [0.25, 0.3) is 0 Å². The number of thioether (sulfide) groups is 1. The lowest BCUT2D eigenvalue weighted by molar-refractivity contribution is -0.137. The second kappa shape index (κ2) is 8.46. The van der Waals surface area contributed by atoms with Crippen LogP contribution in [0.2, 0.25) is 0 Å². The fraction of sp³-hybridized carbons (Fsp3) is 0.381. The SMILES string of the molecule is Cn1ncc2c(N3CCN(C(=O)CC4Sc5ccc(C(F)(F)F)cc5NC4=O)CC3)ncnc21. The summed E-state index contributed by atoms with van der Waals surface area (Å²) >= 11 is 1.11. The van der Waals surface area contributed by atoms with Crippen LogP contribution in [0.5, 0.6) is 0 Å². The number of benzene rings is 1. The number of rotatable bonds is 3. The van der Waals surface area contributed by atoms with E-state index >= 15 is 0 Å². The van der Waals surface area contributed by atoms with E-state index in [-0.39, 0.29) is 18.0 Å². The molecule has 1 unspecified atom stereocenters. The smallest absolute Gasteiger partial charge is 0.352 e. The van der Waals surface area contributed by atoms with Crippen molar-refractivity contribution in [2.24, 2.45) is 7.05 Å². The van der Waals surface area contributed by atoms with Crippen LogP contribution in [0.1, 0.15) is 12.0 Å². The lowest BCUT2D eigenvalue weighted by atomic mass is 10.1. The Morgan fingerprint density at radius 1 is 1.21 bits per heavy atom. The molecule has 1 atom stereocenters. The number of alkyl halides is 3. The van der Waals surface area contributed by atoms with Crippen molar-refractivity contribution in [3.05, 3.63) is 36.3 Å². The fourth-order valence-electron chi connectivity index (χ4n) is 4.12. The number of amides is 2. The number of hydrogen-bond donors (Lipinski definition) is 1. The first-order chi connectivity index (χ1) is 16.2. The minimum Gasteiger partial charge on any atom is -0.352 e. The zero-order valence-electron chi connectivity index (χ0n) is 18.0. The number of fused-ring (bicyclic) bond motifs is 2. The molecule has 0 radical (unpaired) electrons. The molecule has 2 aromatic heterocycles. The summed E-state index contributed by atoms with van der Waals surface area (Å²) < 4.78 is 40.5. The summed E-state index contributed by atoms with van der Waals surface area (Å²) in [6.45, 7) is 2.07. The molecule has 1 aromatic carbocycles. The van der Waals surface area contributed by atoms with E-state index in [1.807, 2.05) is 7.05 Å². The number of nitrogens with one attached hydrogen (secondary N) is 1. The van der Waals surface area contributed by atoms with Gasteiger partial charge < -0.3 is 15.1 Å². The van der Waals surface area contributed by atoms with Crippen molar-refractivity contribution in [2.75, 3.05) is 36.4 Å². The molecule has 0 saturated carbocycles. The van der Waals surface area contributed by atoms with Gasteiger partial charge in [-0.25, -0.2) is 9.97 Å². The van der Waals surface area contributed by atoms with Crippen LogP contribution in [0, 0.1) is 0 Å². The molecule has 0 aliphatic carbocycles. The van der Waals surface area contributed by atoms with Crippen molar-refractivity contribution in [2.45, 2.75) is 22.7 Å². The number of piperazine rings is 1. The van der Waals surface area contributed by atoms with E-state index in [0.717, 1.165) is 40.7 Å². The van der Waals surface area contributed by atoms with Crippen LogP contribution in [-0.4, -0.2) is 67.9 Å². The summed E-state index contributed by atoms with van der Waals surface area (Å²) in [6, 6.07) is 3.23. The van der Waals surface area contributed by atoms with Gasteiger partial charge in [0.15, 0.2) is 5.65 Å². The summed E-state index contributed by atoms with van der Waals surface area (Å²) in [4.78, 5) is 38.3. The number of anilines is 2. The number of carbonyl (C=O) groups excluding carboxylic acids is 2. The van der Waals surface area contributed by atoms with Gasteiger partial charge in [0.2, 0.25) is 11.8 Å². The summed E-state index contributed by atoms with van der Waals surface area (Å²) in [7, 11) is 1.81. The van der Waals surface area contributed by atoms with Crippen LogP contribution in [0.4, 0.5) is 24.7 Å². The van der Waals surface area contributed by atoms with E-state index in [2.05, 4.69) is 25.3 Å². The quantitative estimate of drug-likeness (QED) is 0.602. The maximum atomic E-state index is 12.9. The van der Waals surface area contributed by atoms with Gasteiger partial charge in [-0.05, 0) is 18.2 Å². The monoisotopic (exact) mass is 491 g/mol. The molecule has 3 aromatic rings. The first kappa shape index (κ1) is 22.4. The third-order valence-corrected chi connectivity index (χ3v) is 7.20. The molecule has 13 heteroatoms. The molecule has 0 spiro atoms. The van der Waals surface area contributed by atoms with Crippen molar-refractivity contribution in [3.63, 3.8) is 0 Å². The minimum absolute atomic E-state index is 0.0304. The van der Waals surface area contributed by atoms with Crippen molar-refractivity contribution in [3.8, 4) is 0 Å². The maximum absolute atomic E-state index is 12.9. The van der Waals surface area contributed by atoms with Crippen LogP contribution in [0.15, 0.2) is 35.6 Å². The van der Waals surface area contributed by atoms with Crippen molar-refractivity contribution in [1.82, 2.24) is 24.6 Å². The van der Waals surface area contributed by atoms with Crippen LogP contribution < -0.4 is 10.2 Å². The molecule has 34 heavy (non-hydrogen) atoms. The number of halogens is 3. The van der Waals surface area contributed by atoms with E-state index in [9.17, 15) is 22.8 Å². The molecule has 4 heterocycles. The molecule has 1 fully saturated rings. The van der Waals surface area contributed by atoms with E-state index in [0.29, 0.717) is 31.1 Å². The number of aromatic nitrogens is 4. The third kappa shape index (κ3) is 4.15. The Bertz CT molecular complexity index is 1270. The molecule has 1 N–H and O–H groups in total. The van der Waals surface area contributed by atoms with E-state index in [1.54, 1.807) is 15.8 Å². The summed E-state index contributed by atoms with van der Waals surface area (Å²) in [5, 5.41) is 6.88. The van der Waals surface area contributed by atoms with Crippen molar-refractivity contribution >= 4 is 46.1 Å². The molecule has 9 nitrogen and oxygen atoms in total. The first-order valence-electron chi connectivity index (χ1n) is 10.5. The van der Waals surface area contributed by atoms with Gasteiger partial charge in [0.05, 0.1) is 28.1 Å². The second-order valence-corrected chi connectivity index (χ2v) is 9.32. The Morgan fingerprint density at radius 3 is 2.71 bits per heavy atom. The number of nitrogens with zero attached hydrogens (tertiary/aromatic N) is 6. The Morgan fingerprint density at radius 2 is 1.97 bits per heavy atom. The third-order valence-electron chi connectivity index (χ3n) is 5.93. The normalized spacial score (nSPS) is 18.7. The summed E-state index contributed by atoms with van der Waals surface area (Å²) in [6.07, 6.45) is -1.31. The number of carbonyl (C=O) groups is 2. The van der Waals surface area contributed by atoms with E-state index in [1.165, 1.54) is 12.4 Å². The summed E-state index contributed by atoms with van der Waals surface area (Å²) in [5.74, 6) is 0.128. The van der Waals surface area contributed by atoms with Gasteiger partial charge in [-0.3, -0.25) is 14.3 Å². The highest BCUT2D eigenvalue weighted by Gasteiger charge is 2.35. The summed E-state index contributed by atoms with van der Waals surface area (Å²) in [5.41, 5.74) is 0.0203. The van der Waals surface area contributed by atoms with Crippen molar-refractivity contribution in [1.29, 1.82) is 0 Å². The zero-order chi connectivity index (χ0) is 24.0. The largest absolute Gasteiger partial charge is 0.416 e. The van der Waals surface area contributed by atoms with Gasteiger partial charge >= 0.3 is 6.18 Å². The Kier molecular flexibility index (Phi) is 5.58. The Balaban J connectivity index is 1.21. The standard InChI is InChI=1S/C21H20F3N7O2S/c1-29-18-13(10-27-29)19(26-11-25-18)31-6-4-30(5-7-31)17(32)9-16-20(33)28-14-8-12(21(22,23)24)2-3-15(14)34-16/h2-3,8,10-11,16H,4-7,9H2,1H3,(H,28,33). The average Bonchev–Trinajstić information content (AvgIpc) is 3.19. The van der Waals surface area contributed by atoms with Crippen LogP contribution in [-0.2, 0) is 22.8 Å². The second-order valence-electron chi connectivity index (χ2n) is 8.08. The highest BCUT2D eigenvalue weighted by molar-refractivity contribution is 8.01. The predicted molar refractivity (Wildman–Crippen MR) is 119 cm³/mol. The lowest BCUT2D eigenvalue weighted by Crippen LogP contribution is -2.50. The molecule has 5 rings (SSSR count). The molecule has 2 amide bonds. The molecular weight excluding hydrogens is 471 g/mol. The molecular formula is C21H20F3N7O2S. The van der Waals surface area contributed by atoms with Gasteiger partial charge in [0, 0.05) is 44.5 Å². The topological polar surface area (TPSA) is 96.2 Å². The lowest BCUT2D eigenvalue weighted by Gasteiger charge is -2.36. The Labute approximate surface area is 196 Å². The van der Waals surface area contributed by atoms with Crippen LogP contribution in [0.25, 0.3) is 11.0 Å². The maximum Gasteiger partial charge on any atom is 0.416 e. The Hall–Kier alpha value is -3.35. The van der Waals surface area contributed by atoms with Crippen LogP contribution in [0.3, 0.4) is 0 Å². The van der Waals surface area contributed by atoms with Crippen molar-refractivity contribution < 1.29 is 22.8 Å². The fourth-order valence-corrected chi connectivity index (χ4v) is 5.20. The van der Waals surface area contributed by atoms with E-state index < -0.39 is 22.9 Å². The molecule has 0 bridgehead atoms. The molecule has 178 valence electrons. The van der Waals surface area contributed by atoms with Gasteiger partial charge in [-0.15, -0.1) is 11.8 Å². The van der Waals surface area contributed by atoms with Gasteiger partial charge in [-0.2, -0.15) is 18.3 Å². The molecule has 2 aliphatic heterocycles. The minimum atomic E-state index is -4.49. The zero-order valence-corrected chi connectivity index (χ0v) is 18.9. The average molecular weight is 491 g/mol. The highest BCUT2D eigenvalue weighted by Crippen LogP contribution is 2.40. The van der Waals surface area contributed by atoms with Gasteiger partial charge in [-0.1, -0.05) is 0 Å². The number of aryl methyl sites for hydroxylation is 1. The predicted octanol–water partition coefficient (Wildman–Crippen LogP) is 2.53. The molecule has 1 saturated heterocycles. The van der Waals surface area contributed by atoms with Gasteiger partial charge in [0.1, 0.15) is 12.1 Å². The number of hydrogen-bond acceptors (Lipinski definition) is 7. The highest BCUT2D eigenvalue weighted by atomic mass is 32.2. The first-order valence-corrected chi connectivity index (χ1v) is 11.4. The van der Waals surface area contributed by atoms with Crippen LogP contribution >= 0.6 is 11.8 Å². The molecule has 2 aliphatic rings.